The summed E-state index contributed by atoms with van der Waals surface area (Å²) in [5, 5.41) is 26.4. The fourth-order valence-electron chi connectivity index (χ4n) is 9.54. The van der Waals surface area contributed by atoms with Gasteiger partial charge in [0, 0.05) is 37.8 Å². The van der Waals surface area contributed by atoms with Crippen molar-refractivity contribution >= 4 is 35.3 Å². The maximum absolute atomic E-state index is 13.5. The summed E-state index contributed by atoms with van der Waals surface area (Å²) in [6.45, 7) is 4.55. The number of ketones is 2. The van der Waals surface area contributed by atoms with Crippen molar-refractivity contribution in [3.63, 3.8) is 0 Å². The number of esters is 1. The smallest absolute Gasteiger partial charge is 0.335 e. The van der Waals surface area contributed by atoms with E-state index in [0.717, 1.165) is 44.1 Å². The van der Waals surface area contributed by atoms with Gasteiger partial charge in [-0.1, -0.05) is 38.0 Å². The van der Waals surface area contributed by atoms with Gasteiger partial charge in [0.05, 0.1) is 12.0 Å². The van der Waals surface area contributed by atoms with Gasteiger partial charge in [-0.2, -0.15) is 0 Å². The predicted octanol–water partition coefficient (Wildman–Crippen LogP) is 4.83. The van der Waals surface area contributed by atoms with E-state index in [9.17, 15) is 33.9 Å². The highest BCUT2D eigenvalue weighted by molar-refractivity contribution is 5.92. The van der Waals surface area contributed by atoms with Crippen molar-refractivity contribution in [1.29, 1.82) is 0 Å². The van der Waals surface area contributed by atoms with Gasteiger partial charge in [-0.25, -0.2) is 4.79 Å². The van der Waals surface area contributed by atoms with Gasteiger partial charge >= 0.3 is 11.9 Å². The van der Waals surface area contributed by atoms with Crippen LogP contribution in [0.5, 0.6) is 0 Å². The lowest BCUT2D eigenvalue weighted by Crippen LogP contribution is -2.58. The SMILES string of the molecule is C[C@]12CCC(=O)C=C1CC[C@H]1[C@@H]2CC[C@]2(C)[C@H]1CC[C@]2(O)C(=O)COC(=O)CCC(=O)NCCCCCC(=O)NCc1ccc(C(=O)O)cc1. The van der Waals surface area contributed by atoms with Crippen LogP contribution in [0.15, 0.2) is 35.9 Å². The van der Waals surface area contributed by atoms with Crippen molar-refractivity contribution in [3.05, 3.63) is 47.0 Å². The zero-order valence-corrected chi connectivity index (χ0v) is 29.4. The third kappa shape index (κ3) is 7.87. The molecule has 0 aliphatic heterocycles. The summed E-state index contributed by atoms with van der Waals surface area (Å²) >= 11 is 0. The highest BCUT2D eigenvalue weighted by atomic mass is 16.5. The molecule has 1 aromatic carbocycles. The van der Waals surface area contributed by atoms with E-state index in [1.54, 1.807) is 12.1 Å². The number of hydrogen-bond donors (Lipinski definition) is 4. The summed E-state index contributed by atoms with van der Waals surface area (Å²) in [5.74, 6) is -1.29. The number of carbonyl (C=O) groups is 6. The molecule has 0 spiro atoms. The molecule has 50 heavy (non-hydrogen) atoms. The van der Waals surface area contributed by atoms with Crippen LogP contribution in [0.2, 0.25) is 0 Å². The van der Waals surface area contributed by atoms with Crippen LogP contribution in [0, 0.1) is 28.6 Å². The van der Waals surface area contributed by atoms with E-state index in [-0.39, 0.29) is 47.3 Å². The Morgan fingerprint density at radius 3 is 2.30 bits per heavy atom. The molecule has 3 fully saturated rings. The van der Waals surface area contributed by atoms with Crippen molar-refractivity contribution in [2.75, 3.05) is 13.2 Å². The van der Waals surface area contributed by atoms with E-state index < -0.39 is 35.3 Å². The summed E-state index contributed by atoms with van der Waals surface area (Å²) < 4.78 is 5.27. The van der Waals surface area contributed by atoms with E-state index in [4.69, 9.17) is 9.84 Å². The summed E-state index contributed by atoms with van der Waals surface area (Å²) in [7, 11) is 0. The van der Waals surface area contributed by atoms with Crippen LogP contribution < -0.4 is 10.6 Å². The third-order valence-corrected chi connectivity index (χ3v) is 12.6. The third-order valence-electron chi connectivity index (χ3n) is 12.6. The number of fused-ring (bicyclic) bond motifs is 5. The van der Waals surface area contributed by atoms with Gasteiger partial charge in [-0.3, -0.25) is 24.0 Å². The molecule has 0 radical (unpaired) electrons. The summed E-state index contributed by atoms with van der Waals surface area (Å²) in [6.07, 6.45) is 10.0. The Morgan fingerprint density at radius 1 is 0.840 bits per heavy atom. The minimum atomic E-state index is -1.56. The maximum atomic E-state index is 13.5. The van der Waals surface area contributed by atoms with Crippen LogP contribution in [0.3, 0.4) is 0 Å². The van der Waals surface area contributed by atoms with Crippen molar-refractivity contribution < 1.29 is 43.7 Å². The highest BCUT2D eigenvalue weighted by Crippen LogP contribution is 2.67. The molecule has 4 N–H and O–H groups in total. The molecule has 5 rings (SSSR count). The first kappa shape index (κ1) is 37.4. The predicted molar refractivity (Wildman–Crippen MR) is 184 cm³/mol. The van der Waals surface area contributed by atoms with Gasteiger partial charge < -0.3 is 25.6 Å². The van der Waals surface area contributed by atoms with Gasteiger partial charge in [0.15, 0.2) is 12.4 Å². The number of nitrogens with one attached hydrogen (secondary N) is 2. The fraction of sp³-hybridized carbons (Fsp3) is 0.641. The molecular formula is C39H52N2O9. The van der Waals surface area contributed by atoms with Crippen molar-refractivity contribution in [1.82, 2.24) is 10.6 Å². The number of carboxylic acids is 1. The van der Waals surface area contributed by atoms with Gasteiger partial charge in [0.1, 0.15) is 5.60 Å². The molecule has 4 aliphatic carbocycles. The Labute approximate surface area is 294 Å². The van der Waals surface area contributed by atoms with Crippen LogP contribution in [0.1, 0.15) is 120 Å². The Balaban J connectivity index is 0.959. The lowest BCUT2D eigenvalue weighted by atomic mass is 9.46. The maximum Gasteiger partial charge on any atom is 0.335 e. The molecule has 11 heteroatoms. The number of Topliss-reactive ketones (excluding diaryl/α,β-unsaturated/α-hetero) is 1. The number of rotatable bonds is 15. The number of carbonyl (C=O) groups excluding carboxylic acids is 5. The normalized spacial score (nSPS) is 29.9. The topological polar surface area (TPSA) is 176 Å². The number of benzene rings is 1. The Morgan fingerprint density at radius 2 is 1.56 bits per heavy atom. The first-order valence-corrected chi connectivity index (χ1v) is 18.3. The zero-order valence-electron chi connectivity index (χ0n) is 29.4. The second-order valence-electron chi connectivity index (χ2n) is 15.3. The minimum absolute atomic E-state index is 0.00594. The van der Waals surface area contributed by atoms with Crippen LogP contribution in [-0.2, 0) is 35.3 Å². The monoisotopic (exact) mass is 692 g/mol. The van der Waals surface area contributed by atoms with E-state index in [2.05, 4.69) is 17.6 Å². The Bertz CT molecular complexity index is 1520. The summed E-state index contributed by atoms with van der Waals surface area (Å²) in [4.78, 5) is 73.3. The number of unbranched alkanes of at least 4 members (excludes halogenated alkanes) is 2. The van der Waals surface area contributed by atoms with E-state index >= 15 is 0 Å². The second kappa shape index (κ2) is 15.6. The molecule has 272 valence electrons. The minimum Gasteiger partial charge on any atom is -0.478 e. The van der Waals surface area contributed by atoms with Crippen LogP contribution in [0.25, 0.3) is 0 Å². The quantitative estimate of drug-likeness (QED) is 0.148. The van der Waals surface area contributed by atoms with E-state index in [0.29, 0.717) is 63.5 Å². The molecule has 0 unspecified atom stereocenters. The van der Waals surface area contributed by atoms with Gasteiger partial charge in [-0.05, 0) is 105 Å². The van der Waals surface area contributed by atoms with Crippen molar-refractivity contribution in [3.8, 4) is 0 Å². The molecule has 1 aromatic rings. The van der Waals surface area contributed by atoms with Gasteiger partial charge in [-0.15, -0.1) is 0 Å². The number of aliphatic hydroxyl groups is 1. The largest absolute Gasteiger partial charge is 0.478 e. The molecule has 3 saturated carbocycles. The Kier molecular flexibility index (Phi) is 11.7. The first-order valence-electron chi connectivity index (χ1n) is 18.3. The molecule has 0 saturated heterocycles. The van der Waals surface area contributed by atoms with Crippen LogP contribution >= 0.6 is 0 Å². The number of aromatic carboxylic acids is 1. The lowest BCUT2D eigenvalue weighted by molar-refractivity contribution is -0.170. The molecule has 11 nitrogen and oxygen atoms in total. The average molecular weight is 693 g/mol. The number of hydrogen-bond acceptors (Lipinski definition) is 8. The standard InChI is InChI=1S/C39H52N2O9/c1-37-18-15-28(42)22-27(37)11-12-29-30(37)16-19-38(2)31(29)17-20-39(38,49)32(43)24-50-35(46)14-13-34(45)40-21-5-3-4-6-33(44)41-23-25-7-9-26(10-8-25)36(47)48/h7-10,22,29-31,49H,3-6,11-21,23-24H2,1-2H3,(H,40,45)(H,41,44)(H,47,48)/t29-,30-,31-,37-,38+,39-/m0/s1. The second-order valence-corrected chi connectivity index (χ2v) is 15.3. The molecule has 0 heterocycles. The number of amides is 2. The van der Waals surface area contributed by atoms with Crippen LogP contribution in [-0.4, -0.2) is 64.3 Å². The molecule has 2 amide bonds. The Hall–Kier alpha value is -3.86. The summed E-state index contributed by atoms with van der Waals surface area (Å²) in [5.41, 5.74) is 0.130. The lowest BCUT2D eigenvalue weighted by Gasteiger charge is -2.58. The molecule has 0 aromatic heterocycles. The highest BCUT2D eigenvalue weighted by Gasteiger charge is 2.66. The van der Waals surface area contributed by atoms with Gasteiger partial charge in [0.25, 0.3) is 0 Å². The van der Waals surface area contributed by atoms with Gasteiger partial charge in [0.2, 0.25) is 17.6 Å². The summed E-state index contributed by atoms with van der Waals surface area (Å²) in [6, 6.07) is 6.32. The number of allylic oxidation sites excluding steroid dienone is 1. The fourth-order valence-corrected chi connectivity index (χ4v) is 9.54. The number of carboxylic acid groups (broad SMARTS) is 1. The molecular weight excluding hydrogens is 640 g/mol. The zero-order chi connectivity index (χ0) is 36.1. The van der Waals surface area contributed by atoms with Crippen molar-refractivity contribution in [2.45, 2.75) is 116 Å². The molecule has 0 bridgehead atoms. The molecule has 6 atom stereocenters. The first-order chi connectivity index (χ1) is 23.8. The molecule has 4 aliphatic rings. The average Bonchev–Trinajstić information content (AvgIpc) is 3.38. The van der Waals surface area contributed by atoms with Crippen molar-refractivity contribution in [2.24, 2.45) is 28.6 Å². The van der Waals surface area contributed by atoms with Crippen LogP contribution in [0.4, 0.5) is 0 Å². The van der Waals surface area contributed by atoms with E-state index in [1.165, 1.54) is 17.7 Å². The van der Waals surface area contributed by atoms with E-state index in [1.807, 2.05) is 13.0 Å². The number of ether oxygens (including phenoxy) is 1.